The lowest BCUT2D eigenvalue weighted by Gasteiger charge is -2.15. The fraction of sp³-hybridized carbons (Fsp3) is 0.409. The molecule has 1 aromatic carbocycles. The van der Waals surface area contributed by atoms with Crippen molar-refractivity contribution < 1.29 is 9.53 Å². The number of nitrogens with zero attached hydrogens (tertiary/aromatic N) is 3. The molecule has 142 valence electrons. The molecule has 0 saturated heterocycles. The number of esters is 1. The summed E-state index contributed by atoms with van der Waals surface area (Å²) in [4.78, 5) is 21.4. The number of unbranched alkanes of at least 4 members (excludes halogenated alkanes) is 3. The van der Waals surface area contributed by atoms with Crippen LogP contribution in [0.25, 0.3) is 16.7 Å². The molecule has 3 aromatic rings. The van der Waals surface area contributed by atoms with Crippen molar-refractivity contribution >= 4 is 16.9 Å². The third-order valence-corrected chi connectivity index (χ3v) is 4.84. The molecule has 3 rings (SSSR count). The quantitative estimate of drug-likeness (QED) is 0.380. The number of carbonyl (C=O) groups is 1. The minimum absolute atomic E-state index is 0.0343. The molecule has 0 aliphatic heterocycles. The van der Waals surface area contributed by atoms with Gasteiger partial charge in [0.15, 0.2) is 5.82 Å². The summed E-state index contributed by atoms with van der Waals surface area (Å²) < 4.78 is 7.72. The van der Waals surface area contributed by atoms with Crippen LogP contribution < -0.4 is 0 Å². The number of hydrogen-bond acceptors (Lipinski definition) is 4. The highest BCUT2D eigenvalue weighted by Gasteiger charge is 2.20. The van der Waals surface area contributed by atoms with Crippen molar-refractivity contribution in [3.8, 4) is 5.82 Å². The van der Waals surface area contributed by atoms with E-state index in [1.807, 2.05) is 28.8 Å². The van der Waals surface area contributed by atoms with Crippen LogP contribution in [0, 0.1) is 0 Å². The average molecular weight is 365 g/mol. The zero-order valence-electron chi connectivity index (χ0n) is 16.1. The van der Waals surface area contributed by atoms with Gasteiger partial charge in [0.1, 0.15) is 6.10 Å². The van der Waals surface area contributed by atoms with Crippen LogP contribution in [0.2, 0.25) is 0 Å². The molecule has 1 unspecified atom stereocenters. The lowest BCUT2D eigenvalue weighted by Crippen LogP contribution is -2.17. The van der Waals surface area contributed by atoms with Crippen LogP contribution in [-0.2, 0) is 4.74 Å². The summed E-state index contributed by atoms with van der Waals surface area (Å²) >= 11 is 0. The normalized spacial score (nSPS) is 12.2. The summed E-state index contributed by atoms with van der Waals surface area (Å²) in [5.74, 6) is 0.413. The van der Waals surface area contributed by atoms with E-state index in [9.17, 15) is 4.79 Å². The van der Waals surface area contributed by atoms with Crippen LogP contribution >= 0.6 is 0 Å². The summed E-state index contributed by atoms with van der Waals surface area (Å²) in [5.41, 5.74) is 1.49. The van der Waals surface area contributed by atoms with E-state index in [-0.39, 0.29) is 12.1 Å². The Morgan fingerprint density at radius 1 is 1.15 bits per heavy atom. The van der Waals surface area contributed by atoms with Gasteiger partial charge in [0, 0.05) is 24.0 Å². The first kappa shape index (κ1) is 19.1. The first-order valence-corrected chi connectivity index (χ1v) is 9.82. The van der Waals surface area contributed by atoms with E-state index >= 15 is 0 Å². The van der Waals surface area contributed by atoms with Gasteiger partial charge in [-0.3, -0.25) is 9.55 Å². The molecule has 0 bridgehead atoms. The Bertz CT molecular complexity index is 874. The van der Waals surface area contributed by atoms with Gasteiger partial charge in [-0.2, -0.15) is 0 Å². The second kappa shape index (κ2) is 9.31. The van der Waals surface area contributed by atoms with Crippen molar-refractivity contribution in [3.05, 3.63) is 54.6 Å². The zero-order valence-corrected chi connectivity index (χ0v) is 16.1. The molecule has 5 heteroatoms. The lowest BCUT2D eigenvalue weighted by molar-refractivity contribution is 0.0269. The first-order valence-electron chi connectivity index (χ1n) is 9.82. The van der Waals surface area contributed by atoms with Crippen molar-refractivity contribution in [2.24, 2.45) is 0 Å². The van der Waals surface area contributed by atoms with E-state index in [0.29, 0.717) is 11.4 Å². The highest BCUT2D eigenvalue weighted by Crippen LogP contribution is 2.25. The Morgan fingerprint density at radius 3 is 2.74 bits per heavy atom. The molecular weight excluding hydrogens is 338 g/mol. The van der Waals surface area contributed by atoms with E-state index in [1.54, 1.807) is 24.8 Å². The number of rotatable bonds is 9. The van der Waals surface area contributed by atoms with Crippen LogP contribution in [0.4, 0.5) is 0 Å². The molecule has 0 aliphatic carbocycles. The van der Waals surface area contributed by atoms with Crippen molar-refractivity contribution in [2.75, 3.05) is 0 Å². The van der Waals surface area contributed by atoms with Crippen LogP contribution in [0.1, 0.15) is 62.7 Å². The highest BCUT2D eigenvalue weighted by molar-refractivity contribution is 6.04. The maximum Gasteiger partial charge on any atom is 0.340 e. The smallest absolute Gasteiger partial charge is 0.340 e. The summed E-state index contributed by atoms with van der Waals surface area (Å²) in [6.45, 7) is 4.27. The van der Waals surface area contributed by atoms with Gasteiger partial charge in [-0.25, -0.2) is 9.78 Å². The van der Waals surface area contributed by atoms with Gasteiger partial charge >= 0.3 is 5.97 Å². The van der Waals surface area contributed by atoms with Crippen LogP contribution in [0.3, 0.4) is 0 Å². The van der Waals surface area contributed by atoms with Gasteiger partial charge < -0.3 is 4.74 Å². The van der Waals surface area contributed by atoms with Crippen molar-refractivity contribution in [3.63, 3.8) is 0 Å². The molecule has 27 heavy (non-hydrogen) atoms. The van der Waals surface area contributed by atoms with Crippen molar-refractivity contribution in [1.29, 1.82) is 0 Å². The number of benzene rings is 1. The Kier molecular flexibility index (Phi) is 6.58. The highest BCUT2D eigenvalue weighted by atomic mass is 16.5. The molecule has 1 atom stereocenters. The number of aromatic nitrogens is 3. The van der Waals surface area contributed by atoms with Crippen LogP contribution in [0.5, 0.6) is 0 Å². The second-order valence-corrected chi connectivity index (χ2v) is 6.78. The van der Waals surface area contributed by atoms with E-state index in [1.165, 1.54) is 19.3 Å². The zero-order chi connectivity index (χ0) is 19.1. The minimum Gasteiger partial charge on any atom is -0.459 e. The Hall–Kier alpha value is -2.69. The largest absolute Gasteiger partial charge is 0.459 e. The van der Waals surface area contributed by atoms with Gasteiger partial charge in [-0.05, 0) is 25.3 Å². The minimum atomic E-state index is -0.267. The van der Waals surface area contributed by atoms with Gasteiger partial charge in [-0.15, -0.1) is 0 Å². The maximum atomic E-state index is 12.9. The van der Waals surface area contributed by atoms with Gasteiger partial charge in [0.05, 0.1) is 17.3 Å². The number of hydrogen-bond donors (Lipinski definition) is 0. The maximum absolute atomic E-state index is 12.9. The Morgan fingerprint density at radius 2 is 2.00 bits per heavy atom. The Balaban J connectivity index is 1.82. The number of para-hydroxylation sites is 1. The number of fused-ring (bicyclic) bond motifs is 1. The van der Waals surface area contributed by atoms with E-state index in [4.69, 9.17) is 4.74 Å². The van der Waals surface area contributed by atoms with Gasteiger partial charge in [0.2, 0.25) is 0 Å². The predicted octanol–water partition coefficient (Wildman–Crippen LogP) is 5.33. The first-order chi connectivity index (χ1) is 13.2. The SMILES string of the molecule is CCCCCCC(CC)OC(=O)c1cn(-c2cnccn2)c2ccccc12. The number of carbonyl (C=O) groups excluding carboxylic acids is 1. The van der Waals surface area contributed by atoms with Crippen molar-refractivity contribution in [1.82, 2.24) is 14.5 Å². The summed E-state index contributed by atoms with van der Waals surface area (Å²) in [6.07, 6.45) is 13.2. The molecule has 2 aromatic heterocycles. The van der Waals surface area contributed by atoms with Crippen LogP contribution in [-0.4, -0.2) is 26.6 Å². The second-order valence-electron chi connectivity index (χ2n) is 6.78. The molecule has 0 fully saturated rings. The summed E-state index contributed by atoms with van der Waals surface area (Å²) in [5, 5.41) is 0.869. The van der Waals surface area contributed by atoms with E-state index < -0.39 is 0 Å². The molecule has 0 radical (unpaired) electrons. The van der Waals surface area contributed by atoms with Gasteiger partial charge in [0.25, 0.3) is 0 Å². The van der Waals surface area contributed by atoms with Crippen LogP contribution in [0.15, 0.2) is 49.1 Å². The molecule has 0 spiro atoms. The Labute approximate surface area is 160 Å². The third kappa shape index (κ3) is 4.54. The fourth-order valence-electron chi connectivity index (χ4n) is 3.31. The van der Waals surface area contributed by atoms with Gasteiger partial charge in [-0.1, -0.05) is 51.3 Å². The molecule has 0 amide bonds. The molecule has 5 nitrogen and oxygen atoms in total. The number of ether oxygens (including phenoxy) is 1. The molecule has 0 aliphatic rings. The summed E-state index contributed by atoms with van der Waals surface area (Å²) in [6, 6.07) is 7.80. The summed E-state index contributed by atoms with van der Waals surface area (Å²) in [7, 11) is 0. The fourth-order valence-corrected chi connectivity index (χ4v) is 3.31. The monoisotopic (exact) mass is 365 g/mol. The molecule has 0 saturated carbocycles. The molecular formula is C22H27N3O2. The average Bonchev–Trinajstić information content (AvgIpc) is 3.11. The van der Waals surface area contributed by atoms with E-state index in [2.05, 4.69) is 23.8 Å². The predicted molar refractivity (Wildman–Crippen MR) is 107 cm³/mol. The van der Waals surface area contributed by atoms with E-state index in [0.717, 1.165) is 30.2 Å². The molecule has 0 N–H and O–H groups in total. The topological polar surface area (TPSA) is 57.0 Å². The third-order valence-electron chi connectivity index (χ3n) is 4.84. The lowest BCUT2D eigenvalue weighted by atomic mass is 10.1. The molecule has 2 heterocycles. The standard InChI is InChI=1S/C22H27N3O2/c1-3-5-6-7-10-17(4-2)27-22(26)19-16-25(21-15-23-13-14-24-21)20-12-9-8-11-18(19)20/h8-9,11-17H,3-7,10H2,1-2H3. The van der Waals surface area contributed by atoms with Crippen molar-refractivity contribution in [2.45, 2.75) is 58.5 Å².